The highest BCUT2D eigenvalue weighted by Crippen LogP contribution is 2.16. The number of carbonyl (C=O) groups is 1. The Morgan fingerprint density at radius 2 is 1.71 bits per heavy atom. The number of anilines is 1. The third-order valence-corrected chi connectivity index (χ3v) is 5.50. The molecule has 2 aromatic rings. The lowest BCUT2D eigenvalue weighted by atomic mass is 10.0. The molecule has 0 radical (unpaired) electrons. The minimum atomic E-state index is -3.76. The number of carbonyl (C=O) groups excluding carboxylic acids is 1. The molecular formula is C17H19IN2O3S. The van der Waals surface area contributed by atoms with Crippen molar-refractivity contribution in [3.8, 4) is 0 Å². The van der Waals surface area contributed by atoms with E-state index >= 15 is 0 Å². The van der Waals surface area contributed by atoms with Crippen LogP contribution in [0.5, 0.6) is 0 Å². The van der Waals surface area contributed by atoms with Gasteiger partial charge < -0.3 is 5.32 Å². The Labute approximate surface area is 156 Å². The van der Waals surface area contributed by atoms with Crippen molar-refractivity contribution >= 4 is 44.2 Å². The molecule has 0 aliphatic rings. The summed E-state index contributed by atoms with van der Waals surface area (Å²) in [4.78, 5) is 12.7. The number of nitrogens with one attached hydrogen (secondary N) is 2. The summed E-state index contributed by atoms with van der Waals surface area (Å²) in [7, 11) is -3.76. The summed E-state index contributed by atoms with van der Waals surface area (Å²) in [5.74, 6) is -0.585. The number of halogens is 1. The molecule has 0 aliphatic heterocycles. The monoisotopic (exact) mass is 458 g/mol. The standard InChI is InChI=1S/C17H19IN2O3S/c1-12(2)16(17(21)19-14-8-6-7-13(18)11-14)20-24(22,23)15-9-4-3-5-10-15/h3-12,16,20H,1-2H3,(H,19,21)/t16-/m0/s1. The summed E-state index contributed by atoms with van der Waals surface area (Å²) < 4.78 is 28.4. The molecule has 7 heteroatoms. The predicted octanol–water partition coefficient (Wildman–Crippen LogP) is 3.23. The lowest BCUT2D eigenvalue weighted by molar-refractivity contribution is -0.118. The van der Waals surface area contributed by atoms with E-state index in [2.05, 4.69) is 32.6 Å². The molecule has 2 N–H and O–H groups in total. The van der Waals surface area contributed by atoms with E-state index < -0.39 is 16.1 Å². The number of benzene rings is 2. The Morgan fingerprint density at radius 1 is 1.04 bits per heavy atom. The van der Waals surface area contributed by atoms with Gasteiger partial charge in [0.15, 0.2) is 0 Å². The van der Waals surface area contributed by atoms with Crippen molar-refractivity contribution in [2.24, 2.45) is 5.92 Å². The predicted molar refractivity (Wildman–Crippen MR) is 103 cm³/mol. The molecule has 24 heavy (non-hydrogen) atoms. The molecule has 0 spiro atoms. The van der Waals surface area contributed by atoms with Gasteiger partial charge in [0.05, 0.1) is 4.90 Å². The summed E-state index contributed by atoms with van der Waals surface area (Å²) in [6.45, 7) is 3.60. The van der Waals surface area contributed by atoms with Crippen LogP contribution in [0.15, 0.2) is 59.5 Å². The maximum Gasteiger partial charge on any atom is 0.242 e. The van der Waals surface area contributed by atoms with Gasteiger partial charge in [0, 0.05) is 9.26 Å². The van der Waals surface area contributed by atoms with Crippen molar-refractivity contribution in [3.63, 3.8) is 0 Å². The van der Waals surface area contributed by atoms with Gasteiger partial charge in [-0.3, -0.25) is 4.79 Å². The van der Waals surface area contributed by atoms with Crippen molar-refractivity contribution in [2.45, 2.75) is 24.8 Å². The highest BCUT2D eigenvalue weighted by molar-refractivity contribution is 14.1. The van der Waals surface area contributed by atoms with Crippen LogP contribution in [0.25, 0.3) is 0 Å². The SMILES string of the molecule is CC(C)[C@H](NS(=O)(=O)c1ccccc1)C(=O)Nc1cccc(I)c1. The molecule has 128 valence electrons. The van der Waals surface area contributed by atoms with E-state index in [0.717, 1.165) is 3.57 Å². The average molecular weight is 458 g/mol. The number of hydrogen-bond acceptors (Lipinski definition) is 3. The molecule has 0 heterocycles. The first-order valence-corrected chi connectivity index (χ1v) is 9.99. The van der Waals surface area contributed by atoms with Crippen LogP contribution in [-0.4, -0.2) is 20.4 Å². The maximum absolute atomic E-state index is 12.5. The van der Waals surface area contributed by atoms with Crippen molar-refractivity contribution in [2.75, 3.05) is 5.32 Å². The Morgan fingerprint density at radius 3 is 2.29 bits per heavy atom. The van der Waals surface area contributed by atoms with E-state index in [0.29, 0.717) is 5.69 Å². The van der Waals surface area contributed by atoms with E-state index in [1.807, 2.05) is 18.2 Å². The molecule has 2 rings (SSSR count). The molecule has 0 aliphatic carbocycles. The molecule has 0 aromatic heterocycles. The van der Waals surface area contributed by atoms with E-state index in [4.69, 9.17) is 0 Å². The first-order chi connectivity index (χ1) is 11.3. The Balaban J connectivity index is 2.19. The lowest BCUT2D eigenvalue weighted by Crippen LogP contribution is -2.47. The third kappa shape index (κ3) is 5.02. The van der Waals surface area contributed by atoms with Crippen LogP contribution in [0.2, 0.25) is 0 Å². The largest absolute Gasteiger partial charge is 0.325 e. The van der Waals surface area contributed by atoms with Gasteiger partial charge >= 0.3 is 0 Å². The van der Waals surface area contributed by atoms with Crippen LogP contribution in [0, 0.1) is 9.49 Å². The van der Waals surface area contributed by atoms with Crippen molar-refractivity contribution in [1.82, 2.24) is 4.72 Å². The summed E-state index contributed by atoms with van der Waals surface area (Å²) in [6.07, 6.45) is 0. The maximum atomic E-state index is 12.5. The number of rotatable bonds is 6. The molecule has 2 aromatic carbocycles. The lowest BCUT2D eigenvalue weighted by Gasteiger charge is -2.21. The minimum Gasteiger partial charge on any atom is -0.325 e. The number of amides is 1. The second-order valence-corrected chi connectivity index (χ2v) is 8.62. The van der Waals surface area contributed by atoms with Crippen LogP contribution in [0.3, 0.4) is 0 Å². The van der Waals surface area contributed by atoms with Crippen molar-refractivity contribution in [3.05, 3.63) is 58.2 Å². The summed E-state index contributed by atoms with van der Waals surface area (Å²) in [5.41, 5.74) is 0.636. The van der Waals surface area contributed by atoms with Crippen molar-refractivity contribution in [1.29, 1.82) is 0 Å². The summed E-state index contributed by atoms with van der Waals surface area (Å²) in [5, 5.41) is 2.77. The second-order valence-electron chi connectivity index (χ2n) is 5.66. The van der Waals surface area contributed by atoms with E-state index in [1.165, 1.54) is 12.1 Å². The van der Waals surface area contributed by atoms with Gasteiger partial charge in [0.25, 0.3) is 0 Å². The van der Waals surface area contributed by atoms with Gasteiger partial charge in [0.2, 0.25) is 15.9 Å². The fraction of sp³-hybridized carbons (Fsp3) is 0.235. The van der Waals surface area contributed by atoms with Gasteiger partial charge in [-0.2, -0.15) is 4.72 Å². The van der Waals surface area contributed by atoms with Crippen molar-refractivity contribution < 1.29 is 13.2 Å². The normalized spacial score (nSPS) is 12.8. The zero-order valence-corrected chi connectivity index (χ0v) is 16.3. The van der Waals surface area contributed by atoms with Crippen LogP contribution < -0.4 is 10.0 Å². The average Bonchev–Trinajstić information content (AvgIpc) is 2.53. The van der Waals surface area contributed by atoms with E-state index in [1.54, 1.807) is 38.1 Å². The zero-order chi connectivity index (χ0) is 17.7. The molecule has 0 fully saturated rings. The summed E-state index contributed by atoms with van der Waals surface area (Å²) >= 11 is 2.15. The minimum absolute atomic E-state index is 0.137. The van der Waals surface area contributed by atoms with Gasteiger partial charge in [0.1, 0.15) is 6.04 Å². The number of sulfonamides is 1. The Hall–Kier alpha value is -1.45. The van der Waals surface area contributed by atoms with Crippen LogP contribution in [0.1, 0.15) is 13.8 Å². The van der Waals surface area contributed by atoms with Crippen LogP contribution in [-0.2, 0) is 14.8 Å². The third-order valence-electron chi connectivity index (χ3n) is 3.38. The molecule has 0 saturated heterocycles. The Kier molecular flexibility index (Phi) is 6.36. The van der Waals surface area contributed by atoms with E-state index in [9.17, 15) is 13.2 Å². The molecule has 5 nitrogen and oxygen atoms in total. The second kappa shape index (κ2) is 8.09. The highest BCUT2D eigenvalue weighted by atomic mass is 127. The topological polar surface area (TPSA) is 75.3 Å². The quantitative estimate of drug-likeness (QED) is 0.653. The molecule has 0 unspecified atom stereocenters. The molecular weight excluding hydrogens is 439 g/mol. The highest BCUT2D eigenvalue weighted by Gasteiger charge is 2.28. The van der Waals surface area contributed by atoms with Gasteiger partial charge in [-0.15, -0.1) is 0 Å². The van der Waals surface area contributed by atoms with Gasteiger partial charge in [-0.05, 0) is 58.8 Å². The molecule has 1 amide bonds. The fourth-order valence-corrected chi connectivity index (χ4v) is 4.02. The van der Waals surface area contributed by atoms with Crippen LogP contribution in [0.4, 0.5) is 5.69 Å². The van der Waals surface area contributed by atoms with Crippen LogP contribution >= 0.6 is 22.6 Å². The fourth-order valence-electron chi connectivity index (χ4n) is 2.11. The molecule has 1 atom stereocenters. The van der Waals surface area contributed by atoms with Gasteiger partial charge in [-0.1, -0.05) is 38.1 Å². The molecule has 0 saturated carbocycles. The number of hydrogen-bond donors (Lipinski definition) is 2. The zero-order valence-electron chi connectivity index (χ0n) is 13.4. The molecule has 0 bridgehead atoms. The van der Waals surface area contributed by atoms with E-state index in [-0.39, 0.29) is 16.7 Å². The summed E-state index contributed by atoms with van der Waals surface area (Å²) in [6, 6.07) is 14.5. The Bertz CT molecular complexity index is 808. The first-order valence-electron chi connectivity index (χ1n) is 7.43. The first kappa shape index (κ1) is 18.9. The van der Waals surface area contributed by atoms with Gasteiger partial charge in [-0.25, -0.2) is 8.42 Å². The smallest absolute Gasteiger partial charge is 0.242 e.